The maximum absolute atomic E-state index is 11.2. The Morgan fingerprint density at radius 2 is 2.25 bits per heavy atom. The standard InChI is InChI=1S/C15H24N2O3/c1-12-10-16(7-6-15(18)19-3)8-9-17(12)11-14-5-4-13(2)20-14/h4-5,12H,6-11H2,1-3H3/t12-/m1/s1. The number of hydrogen-bond acceptors (Lipinski definition) is 5. The van der Waals surface area contributed by atoms with Crippen LogP contribution in [-0.4, -0.2) is 55.1 Å². The Hall–Kier alpha value is -1.33. The second kappa shape index (κ2) is 6.90. The van der Waals surface area contributed by atoms with Crippen LogP contribution in [0.25, 0.3) is 0 Å². The summed E-state index contributed by atoms with van der Waals surface area (Å²) in [5, 5.41) is 0. The van der Waals surface area contributed by atoms with Crippen molar-refractivity contribution in [3.05, 3.63) is 23.7 Å². The molecule has 0 bridgehead atoms. The van der Waals surface area contributed by atoms with Gasteiger partial charge in [0.05, 0.1) is 20.1 Å². The van der Waals surface area contributed by atoms with Gasteiger partial charge in [-0.25, -0.2) is 0 Å². The Morgan fingerprint density at radius 3 is 2.85 bits per heavy atom. The first-order valence-corrected chi connectivity index (χ1v) is 7.17. The van der Waals surface area contributed by atoms with Gasteiger partial charge in [0, 0.05) is 32.2 Å². The molecule has 0 aliphatic carbocycles. The van der Waals surface area contributed by atoms with Crippen LogP contribution in [0.4, 0.5) is 0 Å². The van der Waals surface area contributed by atoms with E-state index >= 15 is 0 Å². The lowest BCUT2D eigenvalue weighted by Crippen LogP contribution is -2.51. The van der Waals surface area contributed by atoms with E-state index in [1.54, 1.807) is 0 Å². The van der Waals surface area contributed by atoms with Crippen LogP contribution in [0.2, 0.25) is 0 Å². The first-order chi connectivity index (χ1) is 9.58. The summed E-state index contributed by atoms with van der Waals surface area (Å²) in [5.74, 6) is 1.85. The molecule has 2 rings (SSSR count). The van der Waals surface area contributed by atoms with Gasteiger partial charge in [-0.3, -0.25) is 14.6 Å². The van der Waals surface area contributed by atoms with E-state index in [-0.39, 0.29) is 5.97 Å². The van der Waals surface area contributed by atoms with E-state index < -0.39 is 0 Å². The molecule has 0 unspecified atom stereocenters. The lowest BCUT2D eigenvalue weighted by Gasteiger charge is -2.39. The van der Waals surface area contributed by atoms with E-state index in [0.29, 0.717) is 12.5 Å². The van der Waals surface area contributed by atoms with Crippen LogP contribution in [0.5, 0.6) is 0 Å². The largest absolute Gasteiger partial charge is 0.469 e. The van der Waals surface area contributed by atoms with Crippen molar-refractivity contribution in [1.29, 1.82) is 0 Å². The van der Waals surface area contributed by atoms with Crippen LogP contribution in [0.3, 0.4) is 0 Å². The van der Waals surface area contributed by atoms with Crippen molar-refractivity contribution in [2.75, 3.05) is 33.3 Å². The Kier molecular flexibility index (Phi) is 5.20. The summed E-state index contributed by atoms with van der Waals surface area (Å²) >= 11 is 0. The number of carbonyl (C=O) groups is 1. The number of hydrogen-bond donors (Lipinski definition) is 0. The molecular formula is C15H24N2O3. The zero-order valence-corrected chi connectivity index (χ0v) is 12.6. The zero-order chi connectivity index (χ0) is 14.5. The second-order valence-corrected chi connectivity index (χ2v) is 5.46. The van der Waals surface area contributed by atoms with Gasteiger partial charge < -0.3 is 9.15 Å². The van der Waals surface area contributed by atoms with Gasteiger partial charge in [-0.1, -0.05) is 0 Å². The topological polar surface area (TPSA) is 45.9 Å². The summed E-state index contributed by atoms with van der Waals surface area (Å²) in [6, 6.07) is 4.52. The predicted molar refractivity (Wildman–Crippen MR) is 76.4 cm³/mol. The van der Waals surface area contributed by atoms with Gasteiger partial charge in [-0.15, -0.1) is 0 Å². The Bertz CT molecular complexity index is 444. The highest BCUT2D eigenvalue weighted by Crippen LogP contribution is 2.15. The second-order valence-electron chi connectivity index (χ2n) is 5.46. The molecule has 0 N–H and O–H groups in total. The van der Waals surface area contributed by atoms with Crippen molar-refractivity contribution in [1.82, 2.24) is 9.80 Å². The minimum atomic E-state index is -0.133. The fraction of sp³-hybridized carbons (Fsp3) is 0.667. The fourth-order valence-electron chi connectivity index (χ4n) is 2.63. The molecule has 1 fully saturated rings. The lowest BCUT2D eigenvalue weighted by atomic mass is 10.1. The average molecular weight is 280 g/mol. The average Bonchev–Trinajstić information content (AvgIpc) is 2.84. The third kappa shape index (κ3) is 4.08. The van der Waals surface area contributed by atoms with Crippen LogP contribution in [0.15, 0.2) is 16.5 Å². The molecule has 2 heterocycles. The van der Waals surface area contributed by atoms with Crippen LogP contribution < -0.4 is 0 Å². The minimum Gasteiger partial charge on any atom is -0.469 e. The molecule has 20 heavy (non-hydrogen) atoms. The highest BCUT2D eigenvalue weighted by molar-refractivity contribution is 5.69. The van der Waals surface area contributed by atoms with E-state index in [4.69, 9.17) is 4.42 Å². The van der Waals surface area contributed by atoms with E-state index in [9.17, 15) is 4.79 Å². The SMILES string of the molecule is COC(=O)CCN1CCN(Cc2ccc(C)o2)[C@H](C)C1. The zero-order valence-electron chi connectivity index (χ0n) is 12.6. The Balaban J connectivity index is 1.78. The number of furan rings is 1. The number of methoxy groups -OCH3 is 1. The number of aryl methyl sites for hydroxylation is 1. The molecular weight excluding hydrogens is 256 g/mol. The van der Waals surface area contributed by atoms with Crippen LogP contribution in [0.1, 0.15) is 24.9 Å². The van der Waals surface area contributed by atoms with Gasteiger partial charge in [0.15, 0.2) is 0 Å². The van der Waals surface area contributed by atoms with Crippen molar-refractivity contribution in [3.63, 3.8) is 0 Å². The third-order valence-corrected chi connectivity index (χ3v) is 3.86. The number of ether oxygens (including phenoxy) is 1. The number of piperazine rings is 1. The van der Waals surface area contributed by atoms with Crippen molar-refractivity contribution >= 4 is 5.97 Å². The van der Waals surface area contributed by atoms with Gasteiger partial charge >= 0.3 is 5.97 Å². The van der Waals surface area contributed by atoms with E-state index in [1.807, 2.05) is 19.1 Å². The molecule has 1 aliphatic heterocycles. The van der Waals surface area contributed by atoms with Crippen molar-refractivity contribution in [2.24, 2.45) is 0 Å². The summed E-state index contributed by atoms with van der Waals surface area (Å²) in [6.45, 7) is 8.81. The summed E-state index contributed by atoms with van der Waals surface area (Å²) < 4.78 is 10.3. The molecule has 0 spiro atoms. The number of esters is 1. The summed E-state index contributed by atoms with van der Waals surface area (Å²) in [4.78, 5) is 15.9. The van der Waals surface area contributed by atoms with Gasteiger partial charge in [0.2, 0.25) is 0 Å². The van der Waals surface area contributed by atoms with Gasteiger partial charge in [-0.2, -0.15) is 0 Å². The first-order valence-electron chi connectivity index (χ1n) is 7.17. The maximum Gasteiger partial charge on any atom is 0.306 e. The van der Waals surface area contributed by atoms with Crippen molar-refractivity contribution in [3.8, 4) is 0 Å². The Morgan fingerprint density at radius 1 is 1.45 bits per heavy atom. The van der Waals surface area contributed by atoms with Crippen molar-refractivity contribution < 1.29 is 13.9 Å². The predicted octanol–water partition coefficient (Wildman–Crippen LogP) is 1.66. The molecule has 1 atom stereocenters. The molecule has 5 nitrogen and oxygen atoms in total. The van der Waals surface area contributed by atoms with Crippen molar-refractivity contribution in [2.45, 2.75) is 32.9 Å². The molecule has 1 aromatic heterocycles. The summed E-state index contributed by atoms with van der Waals surface area (Å²) in [6.07, 6.45) is 0.473. The highest BCUT2D eigenvalue weighted by atomic mass is 16.5. The summed E-state index contributed by atoms with van der Waals surface area (Å²) in [7, 11) is 1.44. The van der Waals surface area contributed by atoms with Crippen LogP contribution in [-0.2, 0) is 16.1 Å². The minimum absolute atomic E-state index is 0.133. The molecule has 1 aliphatic rings. The first kappa shape index (κ1) is 15.1. The van der Waals surface area contributed by atoms with Gasteiger partial charge in [-0.05, 0) is 26.0 Å². The molecule has 5 heteroatoms. The molecule has 0 saturated carbocycles. The number of rotatable bonds is 5. The molecule has 1 aromatic rings. The summed E-state index contributed by atoms with van der Waals surface area (Å²) in [5.41, 5.74) is 0. The molecule has 112 valence electrons. The van der Waals surface area contributed by atoms with Crippen LogP contribution >= 0.6 is 0 Å². The van der Waals surface area contributed by atoms with Crippen LogP contribution in [0, 0.1) is 6.92 Å². The molecule has 0 amide bonds. The lowest BCUT2D eigenvalue weighted by molar-refractivity contribution is -0.141. The molecule has 1 saturated heterocycles. The fourth-order valence-corrected chi connectivity index (χ4v) is 2.63. The number of carbonyl (C=O) groups excluding carboxylic acids is 1. The normalized spacial score (nSPS) is 21.1. The van der Waals surface area contributed by atoms with Gasteiger partial charge in [0.25, 0.3) is 0 Å². The molecule has 0 aromatic carbocycles. The molecule has 0 radical (unpaired) electrons. The smallest absolute Gasteiger partial charge is 0.306 e. The monoisotopic (exact) mass is 280 g/mol. The number of nitrogens with zero attached hydrogens (tertiary/aromatic N) is 2. The van der Waals surface area contributed by atoms with Gasteiger partial charge in [0.1, 0.15) is 11.5 Å². The third-order valence-electron chi connectivity index (χ3n) is 3.86. The highest BCUT2D eigenvalue weighted by Gasteiger charge is 2.24. The quantitative estimate of drug-likeness (QED) is 0.768. The van der Waals surface area contributed by atoms with E-state index in [1.165, 1.54) is 7.11 Å². The van der Waals surface area contributed by atoms with E-state index in [0.717, 1.165) is 44.2 Å². The maximum atomic E-state index is 11.2. The van der Waals surface area contributed by atoms with E-state index in [2.05, 4.69) is 21.5 Å². The Labute approximate surface area is 120 Å².